The maximum Gasteiger partial charge on any atom is 0.224 e. The van der Waals surface area contributed by atoms with E-state index in [1.807, 2.05) is 0 Å². The van der Waals surface area contributed by atoms with Crippen LogP contribution in [-0.2, 0) is 4.79 Å². The lowest BCUT2D eigenvalue weighted by molar-refractivity contribution is -0.124. The smallest absolute Gasteiger partial charge is 0.224 e. The molecule has 2 saturated heterocycles. The first-order chi connectivity index (χ1) is 6.36. The Morgan fingerprint density at radius 1 is 1.31 bits per heavy atom. The van der Waals surface area contributed by atoms with Crippen LogP contribution in [0.15, 0.2) is 0 Å². The predicted octanol–water partition coefficient (Wildman–Crippen LogP) is -1.07. The zero-order valence-electron chi connectivity index (χ0n) is 7.81. The van der Waals surface area contributed by atoms with Gasteiger partial charge in [-0.15, -0.1) is 0 Å². The van der Waals surface area contributed by atoms with Crippen LogP contribution in [0.2, 0.25) is 0 Å². The molecular weight excluding hydrogens is 166 g/mol. The normalized spacial score (nSPS) is 28.5. The van der Waals surface area contributed by atoms with Gasteiger partial charge in [-0.1, -0.05) is 0 Å². The van der Waals surface area contributed by atoms with Gasteiger partial charge in [-0.25, -0.2) is 0 Å². The van der Waals surface area contributed by atoms with Gasteiger partial charge in [-0.2, -0.15) is 0 Å². The molecule has 0 unspecified atom stereocenters. The number of carbonyl (C=O) groups excluding carboxylic acids is 1. The second-order valence-corrected chi connectivity index (χ2v) is 3.96. The number of hydrogen-bond acceptors (Lipinski definition) is 3. The fraction of sp³-hybridized carbons (Fsp3) is 0.889. The van der Waals surface area contributed by atoms with E-state index in [9.17, 15) is 4.79 Å². The molecule has 74 valence electrons. The Kier molecular flexibility index (Phi) is 2.80. The molecule has 0 aromatic heterocycles. The first-order valence-electron chi connectivity index (χ1n) is 5.05. The molecule has 3 N–H and O–H groups in total. The van der Waals surface area contributed by atoms with Gasteiger partial charge >= 0.3 is 0 Å². The van der Waals surface area contributed by atoms with Gasteiger partial charge in [0.1, 0.15) is 0 Å². The molecular formula is C9H17N3O. The molecule has 0 radical (unpaired) electrons. The molecule has 0 aromatic carbocycles. The predicted molar refractivity (Wildman–Crippen MR) is 50.3 cm³/mol. The second-order valence-electron chi connectivity index (χ2n) is 3.96. The first kappa shape index (κ1) is 8.97. The number of amides is 1. The van der Waals surface area contributed by atoms with Crippen LogP contribution < -0.4 is 16.0 Å². The Morgan fingerprint density at radius 3 is 2.69 bits per heavy atom. The Labute approximate surface area is 78.5 Å². The first-order valence-corrected chi connectivity index (χ1v) is 5.05. The van der Waals surface area contributed by atoms with E-state index in [2.05, 4.69) is 16.0 Å². The quantitative estimate of drug-likeness (QED) is 0.522. The standard InChI is InChI=1S/C9H17N3O/c13-9(8-1-2-10-6-8)12-5-7-3-11-4-7/h7-8,10-11H,1-6H2,(H,12,13)/t8-/m0/s1. The van der Waals surface area contributed by atoms with Crippen LogP contribution in [0.1, 0.15) is 6.42 Å². The van der Waals surface area contributed by atoms with Crippen LogP contribution in [0.4, 0.5) is 0 Å². The van der Waals surface area contributed by atoms with E-state index in [1.54, 1.807) is 0 Å². The summed E-state index contributed by atoms with van der Waals surface area (Å²) in [5.41, 5.74) is 0. The number of rotatable bonds is 3. The molecule has 4 nitrogen and oxygen atoms in total. The van der Waals surface area contributed by atoms with Crippen LogP contribution in [0.25, 0.3) is 0 Å². The van der Waals surface area contributed by atoms with Gasteiger partial charge in [-0.05, 0) is 13.0 Å². The van der Waals surface area contributed by atoms with E-state index in [4.69, 9.17) is 0 Å². The van der Waals surface area contributed by atoms with E-state index in [-0.39, 0.29) is 11.8 Å². The third-order valence-corrected chi connectivity index (χ3v) is 2.86. The Balaban J connectivity index is 1.65. The zero-order chi connectivity index (χ0) is 9.10. The fourth-order valence-corrected chi connectivity index (χ4v) is 1.76. The van der Waals surface area contributed by atoms with Crippen molar-refractivity contribution >= 4 is 5.91 Å². The van der Waals surface area contributed by atoms with Crippen molar-refractivity contribution in [3.63, 3.8) is 0 Å². The molecule has 1 amide bonds. The molecule has 0 aromatic rings. The Bertz CT molecular complexity index is 185. The summed E-state index contributed by atoms with van der Waals surface area (Å²) in [5, 5.41) is 9.39. The summed E-state index contributed by atoms with van der Waals surface area (Å²) in [6, 6.07) is 0. The van der Waals surface area contributed by atoms with Crippen molar-refractivity contribution in [2.24, 2.45) is 11.8 Å². The summed E-state index contributed by atoms with van der Waals surface area (Å²) in [4.78, 5) is 11.5. The van der Waals surface area contributed by atoms with Gasteiger partial charge in [0, 0.05) is 32.1 Å². The molecule has 2 rings (SSSR count). The molecule has 1 atom stereocenters. The Morgan fingerprint density at radius 2 is 2.15 bits per heavy atom. The van der Waals surface area contributed by atoms with Crippen LogP contribution >= 0.6 is 0 Å². The fourth-order valence-electron chi connectivity index (χ4n) is 1.76. The minimum absolute atomic E-state index is 0.216. The average molecular weight is 183 g/mol. The third kappa shape index (κ3) is 2.19. The number of carbonyl (C=O) groups is 1. The summed E-state index contributed by atoms with van der Waals surface area (Å²) in [6.07, 6.45) is 0.995. The van der Waals surface area contributed by atoms with Gasteiger partial charge in [0.25, 0.3) is 0 Å². The molecule has 2 aliphatic heterocycles. The molecule has 0 aliphatic carbocycles. The summed E-state index contributed by atoms with van der Waals surface area (Å²) in [6.45, 7) is 4.81. The lowest BCUT2D eigenvalue weighted by atomic mass is 10.0. The van der Waals surface area contributed by atoms with Gasteiger partial charge in [0.15, 0.2) is 0 Å². The SMILES string of the molecule is O=C(NCC1CNC1)[C@H]1CCNC1. The minimum atomic E-state index is 0.216. The summed E-state index contributed by atoms with van der Waals surface area (Å²) in [7, 11) is 0. The molecule has 0 saturated carbocycles. The Hall–Kier alpha value is -0.610. The molecule has 0 bridgehead atoms. The molecule has 2 aliphatic rings. The van der Waals surface area contributed by atoms with Gasteiger partial charge in [0.05, 0.1) is 5.92 Å². The largest absolute Gasteiger partial charge is 0.355 e. The lowest BCUT2D eigenvalue weighted by Gasteiger charge is -2.27. The molecule has 2 fully saturated rings. The minimum Gasteiger partial charge on any atom is -0.355 e. The summed E-state index contributed by atoms with van der Waals surface area (Å²) >= 11 is 0. The average Bonchev–Trinajstić information content (AvgIpc) is 2.52. The second kappa shape index (κ2) is 4.07. The molecule has 13 heavy (non-hydrogen) atoms. The topological polar surface area (TPSA) is 53.2 Å². The van der Waals surface area contributed by atoms with Crippen molar-refractivity contribution in [2.75, 3.05) is 32.7 Å². The summed E-state index contributed by atoms with van der Waals surface area (Å²) in [5.74, 6) is 1.11. The highest BCUT2D eigenvalue weighted by molar-refractivity contribution is 5.79. The number of hydrogen-bond donors (Lipinski definition) is 3. The van der Waals surface area contributed by atoms with Crippen molar-refractivity contribution < 1.29 is 4.79 Å². The van der Waals surface area contributed by atoms with Crippen molar-refractivity contribution in [1.82, 2.24) is 16.0 Å². The monoisotopic (exact) mass is 183 g/mol. The highest BCUT2D eigenvalue weighted by atomic mass is 16.1. The van der Waals surface area contributed by atoms with E-state index < -0.39 is 0 Å². The van der Waals surface area contributed by atoms with E-state index in [1.165, 1.54) is 0 Å². The zero-order valence-corrected chi connectivity index (χ0v) is 7.81. The molecule has 4 heteroatoms. The van der Waals surface area contributed by atoms with Crippen molar-refractivity contribution in [3.05, 3.63) is 0 Å². The lowest BCUT2D eigenvalue weighted by Crippen LogP contribution is -2.49. The maximum absolute atomic E-state index is 11.5. The molecule has 0 spiro atoms. The molecule has 2 heterocycles. The van der Waals surface area contributed by atoms with Crippen molar-refractivity contribution in [2.45, 2.75) is 6.42 Å². The van der Waals surface area contributed by atoms with Crippen LogP contribution in [0, 0.1) is 11.8 Å². The van der Waals surface area contributed by atoms with E-state index in [0.717, 1.165) is 39.1 Å². The third-order valence-electron chi connectivity index (χ3n) is 2.86. The van der Waals surface area contributed by atoms with Crippen molar-refractivity contribution in [1.29, 1.82) is 0 Å². The highest BCUT2D eigenvalue weighted by Gasteiger charge is 2.23. The maximum atomic E-state index is 11.5. The van der Waals surface area contributed by atoms with E-state index in [0.29, 0.717) is 5.92 Å². The van der Waals surface area contributed by atoms with Crippen molar-refractivity contribution in [3.8, 4) is 0 Å². The number of nitrogens with one attached hydrogen (secondary N) is 3. The summed E-state index contributed by atoms with van der Waals surface area (Å²) < 4.78 is 0. The van der Waals surface area contributed by atoms with Gasteiger partial charge < -0.3 is 16.0 Å². The van der Waals surface area contributed by atoms with Crippen LogP contribution in [0.5, 0.6) is 0 Å². The van der Waals surface area contributed by atoms with Gasteiger partial charge in [0.2, 0.25) is 5.91 Å². The van der Waals surface area contributed by atoms with E-state index >= 15 is 0 Å². The highest BCUT2D eigenvalue weighted by Crippen LogP contribution is 2.07. The van der Waals surface area contributed by atoms with Gasteiger partial charge in [-0.3, -0.25) is 4.79 Å². The van der Waals surface area contributed by atoms with Crippen LogP contribution in [0.3, 0.4) is 0 Å². The van der Waals surface area contributed by atoms with Crippen LogP contribution in [-0.4, -0.2) is 38.6 Å².